The van der Waals surface area contributed by atoms with Gasteiger partial charge in [-0.05, 0) is 23.3 Å². The van der Waals surface area contributed by atoms with Crippen molar-refractivity contribution in [2.24, 2.45) is 4.99 Å². The van der Waals surface area contributed by atoms with Crippen LogP contribution in [0.4, 0.5) is 0 Å². The first-order valence-electron chi connectivity index (χ1n) is 9.63. The fraction of sp³-hybridized carbons (Fsp3) is 0.208. The highest BCUT2D eigenvalue weighted by atomic mass is 16.5. The second-order valence-electron chi connectivity index (χ2n) is 6.71. The zero-order valence-electron chi connectivity index (χ0n) is 15.8. The highest BCUT2D eigenvalue weighted by Crippen LogP contribution is 2.29. The second kappa shape index (κ2) is 9.09. The lowest BCUT2D eigenvalue weighted by molar-refractivity contribution is 0.233. The first-order valence-corrected chi connectivity index (χ1v) is 9.63. The molecule has 0 aliphatic carbocycles. The van der Waals surface area contributed by atoms with Gasteiger partial charge in [0, 0.05) is 13.0 Å². The molecule has 0 saturated heterocycles. The Hall–Kier alpha value is -3.27. The van der Waals surface area contributed by atoms with E-state index in [9.17, 15) is 0 Å². The van der Waals surface area contributed by atoms with Crippen LogP contribution in [-0.4, -0.2) is 25.0 Å². The Morgan fingerprint density at radius 1 is 0.786 bits per heavy atom. The van der Waals surface area contributed by atoms with Crippen LogP contribution in [0.25, 0.3) is 0 Å². The van der Waals surface area contributed by atoms with E-state index >= 15 is 0 Å². The van der Waals surface area contributed by atoms with Gasteiger partial charge in [-0.1, -0.05) is 72.8 Å². The number of amidine groups is 1. The molecule has 28 heavy (non-hydrogen) atoms. The molecule has 1 unspecified atom stereocenters. The smallest absolute Gasteiger partial charge is 0.162 e. The van der Waals surface area contributed by atoms with Crippen molar-refractivity contribution < 1.29 is 9.47 Å². The molecule has 0 spiro atoms. The lowest BCUT2D eigenvalue weighted by Gasteiger charge is -2.21. The summed E-state index contributed by atoms with van der Waals surface area (Å²) in [5.41, 5.74) is 2.34. The Bertz CT molecular complexity index is 910. The van der Waals surface area contributed by atoms with Crippen molar-refractivity contribution in [2.45, 2.75) is 19.1 Å². The van der Waals surface area contributed by atoms with Crippen LogP contribution < -0.4 is 14.8 Å². The zero-order valence-corrected chi connectivity index (χ0v) is 15.8. The third kappa shape index (κ3) is 4.71. The molecule has 4 heteroatoms. The van der Waals surface area contributed by atoms with Gasteiger partial charge >= 0.3 is 0 Å². The van der Waals surface area contributed by atoms with Crippen LogP contribution >= 0.6 is 0 Å². The molecule has 1 aliphatic heterocycles. The van der Waals surface area contributed by atoms with Gasteiger partial charge in [0.25, 0.3) is 0 Å². The molecule has 3 aromatic rings. The van der Waals surface area contributed by atoms with Gasteiger partial charge in [0.2, 0.25) is 0 Å². The van der Waals surface area contributed by atoms with Crippen molar-refractivity contribution in [2.75, 3.05) is 13.1 Å². The summed E-state index contributed by atoms with van der Waals surface area (Å²) in [6.45, 7) is 2.15. The summed E-state index contributed by atoms with van der Waals surface area (Å²) in [6, 6.07) is 28.3. The summed E-state index contributed by atoms with van der Waals surface area (Å²) in [7, 11) is 0. The summed E-state index contributed by atoms with van der Waals surface area (Å²) in [5.74, 6) is 2.38. The number of ether oxygens (including phenoxy) is 2. The van der Waals surface area contributed by atoms with Crippen LogP contribution in [-0.2, 0) is 13.0 Å². The van der Waals surface area contributed by atoms with Gasteiger partial charge in [0.15, 0.2) is 17.6 Å². The maximum Gasteiger partial charge on any atom is 0.162 e. The SMILES string of the molecule is c1ccc(COc2ccccc2OC(Cc2ccccc2)C2=NCCN2)cc1. The topological polar surface area (TPSA) is 42.9 Å². The predicted octanol–water partition coefficient (Wildman–Crippen LogP) is 4.26. The number of nitrogens with one attached hydrogen (secondary N) is 1. The minimum Gasteiger partial charge on any atom is -0.485 e. The third-order valence-electron chi connectivity index (χ3n) is 4.62. The molecule has 1 aliphatic rings. The minimum atomic E-state index is -0.175. The van der Waals surface area contributed by atoms with Crippen LogP contribution in [0, 0.1) is 0 Å². The second-order valence-corrected chi connectivity index (χ2v) is 6.71. The first-order chi connectivity index (χ1) is 13.9. The number of aliphatic imine (C=N–C) groups is 1. The number of para-hydroxylation sites is 2. The van der Waals surface area contributed by atoms with Gasteiger partial charge in [-0.25, -0.2) is 0 Å². The quantitative estimate of drug-likeness (QED) is 0.643. The van der Waals surface area contributed by atoms with Gasteiger partial charge in [-0.15, -0.1) is 0 Å². The Morgan fingerprint density at radius 2 is 1.43 bits per heavy atom. The molecule has 1 heterocycles. The fourth-order valence-electron chi connectivity index (χ4n) is 3.21. The van der Waals surface area contributed by atoms with E-state index in [1.807, 2.05) is 60.7 Å². The van der Waals surface area contributed by atoms with Gasteiger partial charge < -0.3 is 14.8 Å². The Morgan fingerprint density at radius 3 is 2.11 bits per heavy atom. The maximum absolute atomic E-state index is 6.40. The third-order valence-corrected chi connectivity index (χ3v) is 4.62. The molecular formula is C24H24N2O2. The molecule has 0 bridgehead atoms. The van der Waals surface area contributed by atoms with E-state index in [-0.39, 0.29) is 6.10 Å². The van der Waals surface area contributed by atoms with E-state index in [2.05, 4.69) is 34.6 Å². The van der Waals surface area contributed by atoms with Crippen molar-refractivity contribution in [3.63, 3.8) is 0 Å². The molecule has 1 N–H and O–H groups in total. The first kappa shape index (κ1) is 18.1. The summed E-state index contributed by atoms with van der Waals surface area (Å²) in [5, 5.41) is 3.36. The molecule has 4 rings (SSSR count). The Labute approximate surface area is 165 Å². The number of hydrogen-bond acceptors (Lipinski definition) is 4. The van der Waals surface area contributed by atoms with E-state index in [1.54, 1.807) is 0 Å². The summed E-state index contributed by atoms with van der Waals surface area (Å²) >= 11 is 0. The number of rotatable bonds is 8. The molecule has 4 nitrogen and oxygen atoms in total. The maximum atomic E-state index is 6.40. The number of benzene rings is 3. The van der Waals surface area contributed by atoms with Crippen molar-refractivity contribution in [3.05, 3.63) is 96.1 Å². The largest absolute Gasteiger partial charge is 0.485 e. The summed E-state index contributed by atoms with van der Waals surface area (Å²) in [6.07, 6.45) is 0.575. The molecule has 0 saturated carbocycles. The van der Waals surface area contributed by atoms with Crippen LogP contribution in [0.1, 0.15) is 11.1 Å². The summed E-state index contributed by atoms with van der Waals surface area (Å²) < 4.78 is 12.5. The van der Waals surface area contributed by atoms with E-state index in [0.717, 1.165) is 42.4 Å². The molecule has 3 aromatic carbocycles. The van der Waals surface area contributed by atoms with E-state index in [1.165, 1.54) is 5.56 Å². The van der Waals surface area contributed by atoms with Crippen LogP contribution in [0.5, 0.6) is 11.5 Å². The lowest BCUT2D eigenvalue weighted by atomic mass is 10.1. The highest BCUT2D eigenvalue weighted by Gasteiger charge is 2.22. The highest BCUT2D eigenvalue weighted by molar-refractivity contribution is 5.88. The Kier molecular flexibility index (Phi) is 5.88. The van der Waals surface area contributed by atoms with E-state index in [4.69, 9.17) is 9.47 Å². The molecule has 0 radical (unpaired) electrons. The monoisotopic (exact) mass is 372 g/mol. The fourth-order valence-corrected chi connectivity index (χ4v) is 3.21. The average Bonchev–Trinajstić information content (AvgIpc) is 3.29. The molecule has 142 valence electrons. The normalized spacial score (nSPS) is 14.1. The predicted molar refractivity (Wildman–Crippen MR) is 112 cm³/mol. The van der Waals surface area contributed by atoms with Crippen molar-refractivity contribution >= 4 is 5.84 Å². The number of hydrogen-bond donors (Lipinski definition) is 1. The summed E-state index contributed by atoms with van der Waals surface area (Å²) in [4.78, 5) is 4.59. The van der Waals surface area contributed by atoms with Crippen molar-refractivity contribution in [1.29, 1.82) is 0 Å². The van der Waals surface area contributed by atoms with Gasteiger partial charge in [-0.3, -0.25) is 4.99 Å². The zero-order chi connectivity index (χ0) is 19.0. The average molecular weight is 372 g/mol. The van der Waals surface area contributed by atoms with Crippen LogP contribution in [0.2, 0.25) is 0 Å². The number of nitrogens with zero attached hydrogens (tertiary/aromatic N) is 1. The lowest BCUT2D eigenvalue weighted by Crippen LogP contribution is -2.37. The minimum absolute atomic E-state index is 0.175. The van der Waals surface area contributed by atoms with Gasteiger partial charge in [0.1, 0.15) is 12.4 Å². The van der Waals surface area contributed by atoms with Crippen LogP contribution in [0.15, 0.2) is 89.9 Å². The van der Waals surface area contributed by atoms with Crippen LogP contribution in [0.3, 0.4) is 0 Å². The van der Waals surface area contributed by atoms with E-state index < -0.39 is 0 Å². The van der Waals surface area contributed by atoms with Gasteiger partial charge in [-0.2, -0.15) is 0 Å². The van der Waals surface area contributed by atoms with Crippen molar-refractivity contribution in [3.8, 4) is 11.5 Å². The van der Waals surface area contributed by atoms with E-state index in [0.29, 0.717) is 6.61 Å². The van der Waals surface area contributed by atoms with Gasteiger partial charge in [0.05, 0.1) is 6.54 Å². The molecular weight excluding hydrogens is 348 g/mol. The molecule has 0 aromatic heterocycles. The standard InChI is InChI=1S/C24H24N2O2/c1-3-9-19(10-4-1)17-23(24-25-15-16-26-24)28-22-14-8-7-13-21(22)27-18-20-11-5-2-6-12-20/h1-14,23H,15-18H2,(H,25,26). The van der Waals surface area contributed by atoms with Crippen molar-refractivity contribution in [1.82, 2.24) is 5.32 Å². The Balaban J connectivity index is 1.51. The molecule has 0 amide bonds. The molecule has 0 fully saturated rings. The molecule has 1 atom stereocenters.